The summed E-state index contributed by atoms with van der Waals surface area (Å²) in [4.78, 5) is 24.3. The van der Waals surface area contributed by atoms with Gasteiger partial charge in [0.25, 0.3) is 5.91 Å². The monoisotopic (exact) mass is 384 g/mol. The molecule has 0 saturated heterocycles. The van der Waals surface area contributed by atoms with Gasteiger partial charge in [-0.15, -0.1) is 0 Å². The average molecular weight is 385 g/mol. The van der Waals surface area contributed by atoms with Crippen molar-refractivity contribution in [2.24, 2.45) is 0 Å². The molecule has 2 aromatic carbocycles. The number of carbonyl (C=O) groups excluding carboxylic acids is 2. The zero-order valence-corrected chi connectivity index (χ0v) is 15.2. The first-order valence-electron chi connectivity index (χ1n) is 8.26. The molecule has 3 rings (SSSR count). The molecule has 0 radical (unpaired) electrons. The first-order valence-corrected chi connectivity index (χ1v) is 8.64. The van der Waals surface area contributed by atoms with E-state index in [1.165, 1.54) is 6.07 Å². The van der Waals surface area contributed by atoms with Gasteiger partial charge in [-0.3, -0.25) is 20.4 Å². The van der Waals surface area contributed by atoms with E-state index >= 15 is 0 Å². The summed E-state index contributed by atoms with van der Waals surface area (Å²) in [5.74, 6) is 0.260. The summed E-state index contributed by atoms with van der Waals surface area (Å²) in [5, 5.41) is 0.611. The maximum Gasteiger partial charge on any atom is 0.305 e. The van der Waals surface area contributed by atoms with Crippen LogP contribution in [0, 0.1) is 0 Å². The summed E-state index contributed by atoms with van der Waals surface area (Å²) in [5.41, 5.74) is 5.85. The van der Waals surface area contributed by atoms with Crippen LogP contribution in [0.3, 0.4) is 0 Å². The molecule has 0 atom stereocenters. The van der Waals surface area contributed by atoms with Crippen molar-refractivity contribution in [1.29, 1.82) is 0 Å². The van der Waals surface area contributed by atoms with Crippen LogP contribution in [0.2, 0.25) is 5.02 Å². The molecular weight excluding hydrogens is 368 g/mol. The van der Waals surface area contributed by atoms with Crippen molar-refractivity contribution in [2.75, 3.05) is 6.61 Å². The van der Waals surface area contributed by atoms with Crippen LogP contribution in [-0.2, 0) is 0 Å². The van der Waals surface area contributed by atoms with Crippen LogP contribution in [0.25, 0.3) is 11.3 Å². The van der Waals surface area contributed by atoms with E-state index in [-0.39, 0.29) is 5.76 Å². The molecule has 2 amide bonds. The lowest BCUT2D eigenvalue weighted by Crippen LogP contribution is -2.41. The number of benzene rings is 2. The minimum Gasteiger partial charge on any atom is -0.494 e. The number of ether oxygens (including phenoxy) is 1. The van der Waals surface area contributed by atoms with Crippen molar-refractivity contribution in [3.8, 4) is 17.1 Å². The molecule has 3 aromatic rings. The van der Waals surface area contributed by atoms with Crippen LogP contribution in [0.1, 0.15) is 27.8 Å². The van der Waals surface area contributed by atoms with E-state index in [0.717, 1.165) is 5.56 Å². The fraction of sp³-hybridized carbons (Fsp3) is 0.100. The molecule has 0 aliphatic rings. The summed E-state index contributed by atoms with van der Waals surface area (Å²) >= 11 is 5.86. The van der Waals surface area contributed by atoms with Gasteiger partial charge in [0, 0.05) is 16.1 Å². The number of carbonyl (C=O) groups is 2. The highest BCUT2D eigenvalue weighted by Crippen LogP contribution is 2.23. The number of furan rings is 1. The molecule has 7 heteroatoms. The molecule has 0 fully saturated rings. The second-order valence-electron chi connectivity index (χ2n) is 5.54. The summed E-state index contributed by atoms with van der Waals surface area (Å²) in [6.07, 6.45) is 0. The molecule has 138 valence electrons. The lowest BCUT2D eigenvalue weighted by molar-refractivity contribution is 0.0831. The van der Waals surface area contributed by atoms with E-state index in [0.29, 0.717) is 28.7 Å². The zero-order chi connectivity index (χ0) is 19.2. The maximum atomic E-state index is 12.2. The summed E-state index contributed by atoms with van der Waals surface area (Å²) in [6, 6.07) is 16.8. The lowest BCUT2D eigenvalue weighted by Gasteiger charge is -2.07. The van der Waals surface area contributed by atoms with Gasteiger partial charge in [-0.1, -0.05) is 11.6 Å². The Morgan fingerprint density at radius 2 is 1.59 bits per heavy atom. The van der Waals surface area contributed by atoms with Crippen LogP contribution in [0.15, 0.2) is 65.1 Å². The minimum absolute atomic E-state index is 0.0759. The number of rotatable bonds is 5. The lowest BCUT2D eigenvalue weighted by atomic mass is 10.2. The van der Waals surface area contributed by atoms with Crippen molar-refractivity contribution >= 4 is 23.4 Å². The maximum absolute atomic E-state index is 12.2. The van der Waals surface area contributed by atoms with Gasteiger partial charge in [0.15, 0.2) is 5.76 Å². The Hall–Kier alpha value is -3.25. The van der Waals surface area contributed by atoms with Gasteiger partial charge in [-0.05, 0) is 67.6 Å². The van der Waals surface area contributed by atoms with Gasteiger partial charge in [0.1, 0.15) is 11.5 Å². The number of nitrogens with one attached hydrogen (secondary N) is 2. The van der Waals surface area contributed by atoms with E-state index < -0.39 is 11.8 Å². The molecule has 1 heterocycles. The molecule has 27 heavy (non-hydrogen) atoms. The largest absolute Gasteiger partial charge is 0.494 e. The number of hydrogen-bond donors (Lipinski definition) is 2. The Labute approximate surface area is 161 Å². The fourth-order valence-corrected chi connectivity index (χ4v) is 2.47. The summed E-state index contributed by atoms with van der Waals surface area (Å²) in [6.45, 7) is 2.42. The van der Waals surface area contributed by atoms with Crippen LogP contribution >= 0.6 is 11.6 Å². The molecule has 0 spiro atoms. The van der Waals surface area contributed by atoms with Gasteiger partial charge in [-0.25, -0.2) is 0 Å². The molecule has 2 N–H and O–H groups in total. The number of amides is 2. The SMILES string of the molecule is CCOc1ccc(C(=O)NNC(=O)c2ccc(-c3ccc(Cl)cc3)o2)cc1. The second kappa shape index (κ2) is 8.42. The van der Waals surface area contributed by atoms with Gasteiger partial charge in [0.05, 0.1) is 6.61 Å². The number of hydrogen-bond acceptors (Lipinski definition) is 4. The Balaban J connectivity index is 1.59. The van der Waals surface area contributed by atoms with E-state index in [2.05, 4.69) is 10.9 Å². The molecular formula is C20H17ClN2O4. The van der Waals surface area contributed by atoms with Crippen molar-refractivity contribution < 1.29 is 18.7 Å². The normalized spacial score (nSPS) is 10.3. The number of hydrazine groups is 1. The molecule has 0 saturated carbocycles. The first-order chi connectivity index (χ1) is 13.1. The quantitative estimate of drug-likeness (QED) is 0.650. The Kier molecular flexibility index (Phi) is 5.78. The smallest absolute Gasteiger partial charge is 0.305 e. The Morgan fingerprint density at radius 1 is 0.926 bits per heavy atom. The predicted octanol–water partition coefficient (Wildman–Crippen LogP) is 4.07. The van der Waals surface area contributed by atoms with Crippen LogP contribution < -0.4 is 15.6 Å². The third-order valence-corrected chi connectivity index (χ3v) is 3.93. The Bertz CT molecular complexity index is 933. The predicted molar refractivity (Wildman–Crippen MR) is 102 cm³/mol. The van der Waals surface area contributed by atoms with E-state index in [9.17, 15) is 9.59 Å². The van der Waals surface area contributed by atoms with Gasteiger partial charge in [0.2, 0.25) is 0 Å². The van der Waals surface area contributed by atoms with E-state index in [1.807, 2.05) is 6.92 Å². The summed E-state index contributed by atoms with van der Waals surface area (Å²) in [7, 11) is 0. The van der Waals surface area contributed by atoms with Crippen molar-refractivity contribution in [3.63, 3.8) is 0 Å². The highest BCUT2D eigenvalue weighted by molar-refractivity contribution is 6.30. The van der Waals surface area contributed by atoms with Gasteiger partial charge >= 0.3 is 5.91 Å². The topological polar surface area (TPSA) is 80.6 Å². The third kappa shape index (κ3) is 4.68. The zero-order valence-electron chi connectivity index (χ0n) is 14.5. The molecule has 0 bridgehead atoms. The molecule has 1 aromatic heterocycles. The standard InChI is InChI=1S/C20H17ClN2O4/c1-2-26-16-9-5-14(6-10-16)19(24)22-23-20(25)18-12-11-17(27-18)13-3-7-15(21)8-4-13/h3-12H,2H2,1H3,(H,22,24)(H,23,25). The average Bonchev–Trinajstić information content (AvgIpc) is 3.17. The number of halogens is 1. The van der Waals surface area contributed by atoms with Crippen LogP contribution in [0.4, 0.5) is 0 Å². The first kappa shape index (κ1) is 18.5. The van der Waals surface area contributed by atoms with Crippen molar-refractivity contribution in [1.82, 2.24) is 10.9 Å². The second-order valence-corrected chi connectivity index (χ2v) is 5.97. The third-order valence-electron chi connectivity index (χ3n) is 3.68. The van der Waals surface area contributed by atoms with Crippen molar-refractivity contribution in [3.05, 3.63) is 77.0 Å². The van der Waals surface area contributed by atoms with Gasteiger partial charge in [-0.2, -0.15) is 0 Å². The Morgan fingerprint density at radius 3 is 2.26 bits per heavy atom. The molecule has 0 unspecified atom stereocenters. The van der Waals surface area contributed by atoms with E-state index in [1.54, 1.807) is 54.6 Å². The molecule has 6 nitrogen and oxygen atoms in total. The highest BCUT2D eigenvalue weighted by Gasteiger charge is 2.14. The minimum atomic E-state index is -0.561. The van der Waals surface area contributed by atoms with Crippen molar-refractivity contribution in [2.45, 2.75) is 6.92 Å². The molecule has 0 aliphatic heterocycles. The van der Waals surface area contributed by atoms with Crippen LogP contribution in [-0.4, -0.2) is 18.4 Å². The highest BCUT2D eigenvalue weighted by atomic mass is 35.5. The van der Waals surface area contributed by atoms with E-state index in [4.69, 9.17) is 20.8 Å². The fourth-order valence-electron chi connectivity index (χ4n) is 2.35. The summed E-state index contributed by atoms with van der Waals surface area (Å²) < 4.78 is 10.8. The molecule has 0 aliphatic carbocycles. The van der Waals surface area contributed by atoms with Crippen LogP contribution in [0.5, 0.6) is 5.75 Å². The van der Waals surface area contributed by atoms with Gasteiger partial charge < -0.3 is 9.15 Å².